The van der Waals surface area contributed by atoms with Crippen molar-refractivity contribution in [3.8, 4) is 22.9 Å². The molecule has 1 unspecified atom stereocenters. The lowest BCUT2D eigenvalue weighted by atomic mass is 10.1. The van der Waals surface area contributed by atoms with Crippen molar-refractivity contribution in [2.75, 3.05) is 18.5 Å². The normalized spacial score (nSPS) is 16.7. The fraction of sp³-hybridized carbons (Fsp3) is 0.207. The highest BCUT2D eigenvalue weighted by atomic mass is 16.5. The van der Waals surface area contributed by atoms with Crippen LogP contribution in [0.2, 0.25) is 0 Å². The van der Waals surface area contributed by atoms with Crippen molar-refractivity contribution < 1.29 is 23.5 Å². The number of hydrogen-bond acceptors (Lipinski definition) is 7. The highest BCUT2D eigenvalue weighted by Crippen LogP contribution is 2.28. The lowest BCUT2D eigenvalue weighted by Gasteiger charge is -2.17. The Morgan fingerprint density at radius 1 is 0.947 bits per heavy atom. The molecule has 2 aliphatic heterocycles. The average Bonchev–Trinajstić information content (AvgIpc) is 3.68. The summed E-state index contributed by atoms with van der Waals surface area (Å²) < 4.78 is 11.4. The number of nitrogens with one attached hydrogen (secondary N) is 1. The second kappa shape index (κ2) is 9.68. The Labute approximate surface area is 218 Å². The van der Waals surface area contributed by atoms with Gasteiger partial charge in [-0.05, 0) is 74.4 Å². The minimum atomic E-state index is -0.399. The van der Waals surface area contributed by atoms with Crippen LogP contribution in [-0.4, -0.2) is 52.1 Å². The molecular weight excluding hydrogens is 484 g/mol. The Morgan fingerprint density at radius 2 is 1.71 bits per heavy atom. The van der Waals surface area contributed by atoms with Gasteiger partial charge in [0.05, 0.1) is 23.8 Å². The van der Waals surface area contributed by atoms with Gasteiger partial charge < -0.3 is 14.5 Å². The SMILES string of the molecule is Cc1cccc(-c2nnc(-c3ccc(NC(=O)c4ccc5c(c4)C(=O)N(CC4CCCO4)C5=O)cc3)o2)c1. The summed E-state index contributed by atoms with van der Waals surface area (Å²) in [6.45, 7) is 2.87. The van der Waals surface area contributed by atoms with Crippen molar-refractivity contribution in [2.45, 2.75) is 25.9 Å². The molecule has 1 saturated heterocycles. The van der Waals surface area contributed by atoms with Crippen molar-refractivity contribution in [3.63, 3.8) is 0 Å². The third-order valence-electron chi connectivity index (χ3n) is 6.72. The number of anilines is 1. The van der Waals surface area contributed by atoms with Crippen LogP contribution < -0.4 is 5.32 Å². The largest absolute Gasteiger partial charge is 0.416 e. The van der Waals surface area contributed by atoms with Crippen molar-refractivity contribution in [2.24, 2.45) is 0 Å². The first-order valence-electron chi connectivity index (χ1n) is 12.4. The zero-order valence-electron chi connectivity index (χ0n) is 20.6. The number of carbonyl (C=O) groups excluding carboxylic acids is 3. The summed E-state index contributed by atoms with van der Waals surface area (Å²) in [6, 6.07) is 19.4. The van der Waals surface area contributed by atoms with Crippen LogP contribution in [0, 0.1) is 6.92 Å². The van der Waals surface area contributed by atoms with Gasteiger partial charge in [0.15, 0.2) is 0 Å². The number of carbonyl (C=O) groups is 3. The molecule has 0 bridgehead atoms. The lowest BCUT2D eigenvalue weighted by Crippen LogP contribution is -2.36. The summed E-state index contributed by atoms with van der Waals surface area (Å²) in [5.41, 5.74) is 4.03. The summed E-state index contributed by atoms with van der Waals surface area (Å²) in [7, 11) is 0. The van der Waals surface area contributed by atoms with Crippen molar-refractivity contribution >= 4 is 23.4 Å². The molecule has 2 aliphatic rings. The van der Waals surface area contributed by atoms with E-state index in [4.69, 9.17) is 9.15 Å². The minimum absolute atomic E-state index is 0.135. The minimum Gasteiger partial charge on any atom is -0.416 e. The van der Waals surface area contributed by atoms with Crippen molar-refractivity contribution in [1.29, 1.82) is 0 Å². The summed E-state index contributed by atoms with van der Waals surface area (Å²) in [5, 5.41) is 11.1. The van der Waals surface area contributed by atoms with E-state index in [1.54, 1.807) is 30.3 Å². The highest BCUT2D eigenvalue weighted by Gasteiger charge is 2.38. The van der Waals surface area contributed by atoms with Crippen LogP contribution in [0.4, 0.5) is 5.69 Å². The van der Waals surface area contributed by atoms with Crippen LogP contribution in [0.5, 0.6) is 0 Å². The number of aryl methyl sites for hydroxylation is 1. The molecule has 1 N–H and O–H groups in total. The molecular formula is C29H24N4O5. The van der Waals surface area contributed by atoms with E-state index < -0.39 is 11.8 Å². The molecule has 1 atom stereocenters. The van der Waals surface area contributed by atoms with Crippen LogP contribution in [0.3, 0.4) is 0 Å². The molecule has 1 fully saturated rings. The van der Waals surface area contributed by atoms with Gasteiger partial charge in [-0.25, -0.2) is 0 Å². The zero-order chi connectivity index (χ0) is 26.2. The van der Waals surface area contributed by atoms with Crippen molar-refractivity contribution in [3.05, 3.63) is 89.0 Å². The van der Waals surface area contributed by atoms with Crippen LogP contribution in [-0.2, 0) is 4.74 Å². The summed E-state index contributed by atoms with van der Waals surface area (Å²) >= 11 is 0. The molecule has 38 heavy (non-hydrogen) atoms. The van der Waals surface area contributed by atoms with E-state index in [-0.39, 0.29) is 29.7 Å². The molecule has 0 spiro atoms. The standard InChI is InChI=1S/C29H24N4O5/c1-17-4-2-5-20(14-17)27-32-31-26(38-27)18-7-10-21(11-8-18)30-25(34)19-9-12-23-24(15-19)29(36)33(28(23)35)16-22-6-3-13-37-22/h2,4-5,7-12,14-15,22H,3,6,13,16H2,1H3,(H,30,34). The Balaban J connectivity index is 1.14. The van der Waals surface area contributed by atoms with Gasteiger partial charge in [-0.2, -0.15) is 0 Å². The molecule has 0 saturated carbocycles. The maximum absolute atomic E-state index is 12.9. The van der Waals surface area contributed by atoms with Gasteiger partial charge in [0.25, 0.3) is 17.7 Å². The second-order valence-corrected chi connectivity index (χ2v) is 9.43. The third kappa shape index (κ3) is 4.48. The number of hydrogen-bond donors (Lipinski definition) is 1. The monoisotopic (exact) mass is 508 g/mol. The van der Waals surface area contributed by atoms with Gasteiger partial charge in [0, 0.05) is 29.0 Å². The van der Waals surface area contributed by atoms with E-state index in [1.807, 2.05) is 31.2 Å². The molecule has 9 nitrogen and oxygen atoms in total. The quantitative estimate of drug-likeness (QED) is 0.374. The fourth-order valence-corrected chi connectivity index (χ4v) is 4.72. The van der Waals surface area contributed by atoms with Gasteiger partial charge in [-0.3, -0.25) is 19.3 Å². The van der Waals surface area contributed by atoms with Crippen LogP contribution in [0.25, 0.3) is 22.9 Å². The molecule has 3 aromatic carbocycles. The molecule has 6 rings (SSSR count). The maximum Gasteiger partial charge on any atom is 0.261 e. The number of nitrogens with zero attached hydrogens (tertiary/aromatic N) is 3. The Kier molecular flexibility index (Phi) is 6.05. The van der Waals surface area contributed by atoms with Crippen LogP contribution in [0.15, 0.2) is 71.1 Å². The molecule has 4 aromatic rings. The number of benzene rings is 3. The molecule has 3 heterocycles. The van der Waals surface area contributed by atoms with E-state index in [0.717, 1.165) is 24.0 Å². The zero-order valence-corrected chi connectivity index (χ0v) is 20.6. The van der Waals surface area contributed by atoms with E-state index in [9.17, 15) is 14.4 Å². The third-order valence-corrected chi connectivity index (χ3v) is 6.72. The number of ether oxygens (including phenoxy) is 1. The smallest absolute Gasteiger partial charge is 0.261 e. The van der Waals surface area contributed by atoms with Crippen LogP contribution >= 0.6 is 0 Å². The lowest BCUT2D eigenvalue weighted by molar-refractivity contribution is 0.0475. The van der Waals surface area contributed by atoms with Gasteiger partial charge in [-0.15, -0.1) is 10.2 Å². The van der Waals surface area contributed by atoms with Gasteiger partial charge in [0.1, 0.15) is 0 Å². The number of amides is 3. The average molecular weight is 509 g/mol. The number of aromatic nitrogens is 2. The fourth-order valence-electron chi connectivity index (χ4n) is 4.72. The van der Waals surface area contributed by atoms with Gasteiger partial charge >= 0.3 is 0 Å². The Morgan fingerprint density at radius 3 is 2.45 bits per heavy atom. The van der Waals surface area contributed by atoms with E-state index in [1.165, 1.54) is 17.0 Å². The Hall–Kier alpha value is -4.63. The Bertz CT molecular complexity index is 1550. The predicted octanol–water partition coefficient (Wildman–Crippen LogP) is 4.74. The first-order valence-corrected chi connectivity index (χ1v) is 12.4. The highest BCUT2D eigenvalue weighted by molar-refractivity contribution is 6.22. The van der Waals surface area contributed by atoms with Crippen LogP contribution in [0.1, 0.15) is 49.5 Å². The van der Waals surface area contributed by atoms with E-state index in [0.29, 0.717) is 35.2 Å². The van der Waals surface area contributed by atoms with E-state index in [2.05, 4.69) is 15.5 Å². The topological polar surface area (TPSA) is 115 Å². The molecule has 0 radical (unpaired) electrons. The van der Waals surface area contributed by atoms with Gasteiger partial charge in [-0.1, -0.05) is 17.7 Å². The molecule has 1 aromatic heterocycles. The van der Waals surface area contributed by atoms with Gasteiger partial charge in [0.2, 0.25) is 11.8 Å². The predicted molar refractivity (Wildman–Crippen MR) is 139 cm³/mol. The molecule has 0 aliphatic carbocycles. The summed E-state index contributed by atoms with van der Waals surface area (Å²) in [5.74, 6) is -0.342. The first kappa shape index (κ1) is 23.7. The number of imide groups is 1. The summed E-state index contributed by atoms with van der Waals surface area (Å²) in [6.07, 6.45) is 1.60. The summed E-state index contributed by atoms with van der Waals surface area (Å²) in [4.78, 5) is 39.8. The maximum atomic E-state index is 12.9. The molecule has 9 heteroatoms. The van der Waals surface area contributed by atoms with Crippen molar-refractivity contribution in [1.82, 2.24) is 15.1 Å². The molecule has 3 amide bonds. The number of rotatable bonds is 6. The number of fused-ring (bicyclic) bond motifs is 1. The first-order chi connectivity index (χ1) is 18.5. The molecule has 190 valence electrons. The second-order valence-electron chi connectivity index (χ2n) is 9.43. The van der Waals surface area contributed by atoms with E-state index >= 15 is 0 Å².